The molecule has 3 heteroatoms. The number of nitrogens with zero attached hydrogens (tertiary/aromatic N) is 1. The van der Waals surface area contributed by atoms with Crippen LogP contribution in [0.4, 0.5) is 4.39 Å². The SMILES string of the molecule is [C-]#[N+]C1(c2ccc(F)c(Cl)c2)CC1. The molecule has 0 N–H and O–H groups in total. The summed E-state index contributed by atoms with van der Waals surface area (Å²) >= 11 is 5.63. The van der Waals surface area contributed by atoms with Crippen LogP contribution in [0.3, 0.4) is 0 Å². The van der Waals surface area contributed by atoms with E-state index in [-0.39, 0.29) is 5.02 Å². The molecule has 0 heterocycles. The van der Waals surface area contributed by atoms with Crippen molar-refractivity contribution < 1.29 is 4.39 Å². The average Bonchev–Trinajstić information content (AvgIpc) is 2.90. The highest BCUT2D eigenvalue weighted by Gasteiger charge is 2.52. The molecule has 1 aliphatic rings. The molecule has 0 aliphatic heterocycles. The molecule has 13 heavy (non-hydrogen) atoms. The standard InChI is InChI=1S/C10H7ClFN/c1-13-10(4-5-10)7-2-3-9(12)8(11)6-7/h2-3,6H,4-5H2. The maximum atomic E-state index is 12.8. The lowest BCUT2D eigenvalue weighted by Crippen LogP contribution is -1.99. The summed E-state index contributed by atoms with van der Waals surface area (Å²) in [5, 5.41) is 0.104. The molecule has 0 aromatic heterocycles. The highest BCUT2D eigenvalue weighted by atomic mass is 35.5. The van der Waals surface area contributed by atoms with Crippen molar-refractivity contribution in [2.45, 2.75) is 18.4 Å². The highest BCUT2D eigenvalue weighted by molar-refractivity contribution is 6.30. The van der Waals surface area contributed by atoms with Crippen molar-refractivity contribution in [1.82, 2.24) is 0 Å². The number of benzene rings is 1. The first kappa shape index (κ1) is 8.52. The summed E-state index contributed by atoms with van der Waals surface area (Å²) < 4.78 is 12.8. The summed E-state index contributed by atoms with van der Waals surface area (Å²) in [6.07, 6.45) is 1.72. The molecule has 1 aliphatic carbocycles. The van der Waals surface area contributed by atoms with E-state index in [0.717, 1.165) is 18.4 Å². The van der Waals surface area contributed by atoms with E-state index in [1.165, 1.54) is 6.07 Å². The summed E-state index contributed by atoms with van der Waals surface area (Å²) in [7, 11) is 0. The Morgan fingerprint density at radius 3 is 2.62 bits per heavy atom. The average molecular weight is 196 g/mol. The van der Waals surface area contributed by atoms with Crippen LogP contribution in [0.2, 0.25) is 5.02 Å². The van der Waals surface area contributed by atoms with Crippen molar-refractivity contribution in [1.29, 1.82) is 0 Å². The zero-order valence-corrected chi connectivity index (χ0v) is 7.61. The second kappa shape index (κ2) is 2.71. The van der Waals surface area contributed by atoms with Crippen LogP contribution in [0.1, 0.15) is 18.4 Å². The van der Waals surface area contributed by atoms with Crippen LogP contribution in [0.15, 0.2) is 18.2 Å². The van der Waals surface area contributed by atoms with Crippen LogP contribution in [0.5, 0.6) is 0 Å². The van der Waals surface area contributed by atoms with Gasteiger partial charge in [0.2, 0.25) is 0 Å². The topological polar surface area (TPSA) is 4.36 Å². The van der Waals surface area contributed by atoms with E-state index in [4.69, 9.17) is 18.2 Å². The molecule has 0 saturated heterocycles. The fraction of sp³-hybridized carbons (Fsp3) is 0.300. The van der Waals surface area contributed by atoms with Crippen molar-refractivity contribution in [3.05, 3.63) is 46.0 Å². The Morgan fingerprint density at radius 1 is 1.46 bits per heavy atom. The molecule has 0 radical (unpaired) electrons. The van der Waals surface area contributed by atoms with E-state index in [0.29, 0.717) is 0 Å². The number of halogens is 2. The molecule has 0 atom stereocenters. The third kappa shape index (κ3) is 1.30. The fourth-order valence-corrected chi connectivity index (χ4v) is 1.55. The van der Waals surface area contributed by atoms with Gasteiger partial charge in [0, 0.05) is 18.4 Å². The van der Waals surface area contributed by atoms with Gasteiger partial charge in [-0.2, -0.15) is 0 Å². The molecule has 66 valence electrons. The maximum Gasteiger partial charge on any atom is 0.258 e. The lowest BCUT2D eigenvalue weighted by molar-refractivity contribution is 0.626. The molecule has 0 bridgehead atoms. The van der Waals surface area contributed by atoms with E-state index in [1.807, 2.05) is 0 Å². The van der Waals surface area contributed by atoms with Gasteiger partial charge >= 0.3 is 0 Å². The largest absolute Gasteiger partial charge is 0.305 e. The van der Waals surface area contributed by atoms with Crippen LogP contribution in [-0.2, 0) is 5.54 Å². The molecular weight excluding hydrogens is 189 g/mol. The third-order valence-corrected chi connectivity index (χ3v) is 2.68. The van der Waals surface area contributed by atoms with Crippen LogP contribution < -0.4 is 0 Å². The van der Waals surface area contributed by atoms with Gasteiger partial charge in [0.15, 0.2) is 0 Å². The molecule has 1 saturated carbocycles. The van der Waals surface area contributed by atoms with E-state index >= 15 is 0 Å². The maximum absolute atomic E-state index is 12.8. The first-order valence-electron chi connectivity index (χ1n) is 4.02. The highest BCUT2D eigenvalue weighted by Crippen LogP contribution is 2.50. The van der Waals surface area contributed by atoms with Gasteiger partial charge in [-0.25, -0.2) is 11.0 Å². The minimum absolute atomic E-state index is 0.104. The first-order chi connectivity index (χ1) is 6.18. The minimum Gasteiger partial charge on any atom is -0.305 e. The zero-order valence-electron chi connectivity index (χ0n) is 6.85. The van der Waals surface area contributed by atoms with Crippen molar-refractivity contribution in [2.75, 3.05) is 0 Å². The summed E-state index contributed by atoms with van der Waals surface area (Å²) in [4.78, 5) is 3.54. The lowest BCUT2D eigenvalue weighted by atomic mass is 10.1. The molecule has 1 fully saturated rings. The lowest BCUT2D eigenvalue weighted by Gasteiger charge is -2.02. The van der Waals surface area contributed by atoms with Gasteiger partial charge in [-0.15, -0.1) is 0 Å². The Morgan fingerprint density at radius 2 is 2.15 bits per heavy atom. The molecule has 0 amide bonds. The molecule has 1 aromatic carbocycles. The molecule has 1 aromatic rings. The zero-order chi connectivity index (χ0) is 9.47. The van der Waals surface area contributed by atoms with Crippen molar-refractivity contribution in [3.8, 4) is 0 Å². The van der Waals surface area contributed by atoms with E-state index in [9.17, 15) is 4.39 Å². The Kier molecular flexibility index (Phi) is 1.78. The van der Waals surface area contributed by atoms with Gasteiger partial charge < -0.3 is 4.85 Å². The Labute approximate surface area is 81.0 Å². The molecule has 2 rings (SSSR count). The second-order valence-corrected chi connectivity index (χ2v) is 3.68. The van der Waals surface area contributed by atoms with Crippen molar-refractivity contribution in [2.24, 2.45) is 0 Å². The summed E-state index contributed by atoms with van der Waals surface area (Å²) in [5.41, 5.74) is 0.450. The van der Waals surface area contributed by atoms with Crippen LogP contribution in [-0.4, -0.2) is 0 Å². The van der Waals surface area contributed by atoms with Gasteiger partial charge in [-0.1, -0.05) is 11.6 Å². The fourth-order valence-electron chi connectivity index (χ4n) is 1.37. The summed E-state index contributed by atoms with van der Waals surface area (Å²) in [6, 6.07) is 4.52. The second-order valence-electron chi connectivity index (χ2n) is 3.27. The number of hydrogen-bond acceptors (Lipinski definition) is 0. The Bertz CT molecular complexity index is 390. The van der Waals surface area contributed by atoms with Gasteiger partial charge in [0.05, 0.1) is 5.02 Å². The Balaban J connectivity index is 2.44. The Hall–Kier alpha value is -1.07. The first-order valence-corrected chi connectivity index (χ1v) is 4.40. The van der Waals surface area contributed by atoms with E-state index in [2.05, 4.69) is 4.85 Å². The van der Waals surface area contributed by atoms with Crippen LogP contribution in [0, 0.1) is 12.4 Å². The van der Waals surface area contributed by atoms with Gasteiger partial charge in [0.1, 0.15) is 5.82 Å². The van der Waals surface area contributed by atoms with Crippen molar-refractivity contribution in [3.63, 3.8) is 0 Å². The summed E-state index contributed by atoms with van der Waals surface area (Å²) in [5.74, 6) is -0.425. The molecule has 0 spiro atoms. The molecule has 1 nitrogen and oxygen atoms in total. The number of hydrogen-bond donors (Lipinski definition) is 0. The minimum atomic E-state index is -0.425. The monoisotopic (exact) mass is 195 g/mol. The third-order valence-electron chi connectivity index (χ3n) is 2.39. The van der Waals surface area contributed by atoms with E-state index in [1.54, 1.807) is 12.1 Å². The van der Waals surface area contributed by atoms with Gasteiger partial charge in [-0.3, -0.25) is 0 Å². The predicted molar refractivity (Wildman–Crippen MR) is 48.9 cm³/mol. The normalized spacial score (nSPS) is 17.9. The van der Waals surface area contributed by atoms with E-state index < -0.39 is 11.4 Å². The number of rotatable bonds is 1. The van der Waals surface area contributed by atoms with Gasteiger partial charge in [-0.05, 0) is 18.2 Å². The smallest absolute Gasteiger partial charge is 0.258 e. The van der Waals surface area contributed by atoms with Gasteiger partial charge in [0.25, 0.3) is 5.54 Å². The summed E-state index contributed by atoms with van der Waals surface area (Å²) in [6.45, 7) is 7.02. The molecular formula is C10H7ClFN. The predicted octanol–water partition coefficient (Wildman–Crippen LogP) is 3.39. The van der Waals surface area contributed by atoms with Crippen LogP contribution >= 0.6 is 11.6 Å². The quantitative estimate of drug-likeness (QED) is 0.605. The van der Waals surface area contributed by atoms with Crippen LogP contribution in [0.25, 0.3) is 4.85 Å². The molecule has 0 unspecified atom stereocenters. The van der Waals surface area contributed by atoms with Crippen molar-refractivity contribution >= 4 is 11.6 Å².